The molecule has 0 saturated heterocycles. The summed E-state index contributed by atoms with van der Waals surface area (Å²) in [6.45, 7) is 6.25. The molecular formula is C20H25N3O2. The summed E-state index contributed by atoms with van der Waals surface area (Å²) in [6.07, 6.45) is 0. The molecular weight excluding hydrogens is 314 g/mol. The van der Waals surface area contributed by atoms with Gasteiger partial charge >= 0.3 is 0 Å². The Balaban J connectivity index is 1.97. The summed E-state index contributed by atoms with van der Waals surface area (Å²) in [5.41, 5.74) is 1.95. The average molecular weight is 339 g/mol. The van der Waals surface area contributed by atoms with Crippen molar-refractivity contribution >= 4 is 23.2 Å². The Kier molecular flexibility index (Phi) is 5.93. The monoisotopic (exact) mass is 339 g/mol. The summed E-state index contributed by atoms with van der Waals surface area (Å²) in [7, 11) is 1.74. The number of anilines is 2. The lowest BCUT2D eigenvalue weighted by Crippen LogP contribution is -2.41. The lowest BCUT2D eigenvalue weighted by Gasteiger charge is -2.20. The van der Waals surface area contributed by atoms with Gasteiger partial charge in [0.05, 0.1) is 6.54 Å². The van der Waals surface area contributed by atoms with Crippen LogP contribution in [0.3, 0.4) is 0 Å². The first-order valence-electron chi connectivity index (χ1n) is 8.24. The van der Waals surface area contributed by atoms with Crippen molar-refractivity contribution in [3.8, 4) is 0 Å². The molecule has 0 aliphatic heterocycles. The van der Waals surface area contributed by atoms with E-state index in [1.165, 1.54) is 0 Å². The quantitative estimate of drug-likeness (QED) is 0.879. The predicted octanol–water partition coefficient (Wildman–Crippen LogP) is 3.29. The standard InChI is InChI=1S/C20H25N3O2/c1-20(2,3)21-14-18(24)22-16-12-10-15(11-13-16)19(25)23(4)17-8-6-5-7-9-17/h5-13,21H,14H2,1-4H3,(H,22,24). The second-order valence-electron chi connectivity index (χ2n) is 6.93. The molecule has 2 rings (SSSR count). The molecule has 0 radical (unpaired) electrons. The molecule has 5 nitrogen and oxygen atoms in total. The maximum absolute atomic E-state index is 12.5. The Morgan fingerprint density at radius 1 is 0.960 bits per heavy atom. The summed E-state index contributed by atoms with van der Waals surface area (Å²) >= 11 is 0. The molecule has 0 aromatic heterocycles. The van der Waals surface area contributed by atoms with Gasteiger partial charge in [0.25, 0.3) is 5.91 Å². The van der Waals surface area contributed by atoms with Crippen LogP contribution in [-0.4, -0.2) is 30.9 Å². The van der Waals surface area contributed by atoms with Crippen LogP contribution in [0.25, 0.3) is 0 Å². The summed E-state index contributed by atoms with van der Waals surface area (Å²) in [5.74, 6) is -0.214. The van der Waals surface area contributed by atoms with Crippen LogP contribution in [0.2, 0.25) is 0 Å². The second-order valence-corrected chi connectivity index (χ2v) is 6.93. The fraction of sp³-hybridized carbons (Fsp3) is 0.300. The van der Waals surface area contributed by atoms with Crippen molar-refractivity contribution in [1.82, 2.24) is 5.32 Å². The fourth-order valence-electron chi connectivity index (χ4n) is 2.21. The van der Waals surface area contributed by atoms with E-state index < -0.39 is 0 Å². The molecule has 0 unspecified atom stereocenters. The minimum absolute atomic E-state index is 0.0986. The van der Waals surface area contributed by atoms with Gasteiger partial charge in [-0.2, -0.15) is 0 Å². The van der Waals surface area contributed by atoms with E-state index in [4.69, 9.17) is 0 Å². The van der Waals surface area contributed by atoms with Gasteiger partial charge in [-0.15, -0.1) is 0 Å². The number of hydrogen-bond donors (Lipinski definition) is 2. The lowest BCUT2D eigenvalue weighted by atomic mass is 10.1. The summed E-state index contributed by atoms with van der Waals surface area (Å²) in [5, 5.41) is 5.95. The summed E-state index contributed by atoms with van der Waals surface area (Å²) in [4.78, 5) is 26.0. The Bertz CT molecular complexity index is 719. The molecule has 0 aliphatic carbocycles. The van der Waals surface area contributed by atoms with Gasteiger partial charge in [0.2, 0.25) is 5.91 Å². The molecule has 25 heavy (non-hydrogen) atoms. The number of hydrogen-bond acceptors (Lipinski definition) is 3. The molecule has 132 valence electrons. The van der Waals surface area contributed by atoms with E-state index in [2.05, 4.69) is 10.6 Å². The molecule has 2 N–H and O–H groups in total. The van der Waals surface area contributed by atoms with Gasteiger partial charge in [0.15, 0.2) is 0 Å². The van der Waals surface area contributed by atoms with Crippen molar-refractivity contribution in [3.05, 3.63) is 60.2 Å². The number of carbonyl (C=O) groups is 2. The third-order valence-corrected chi connectivity index (χ3v) is 3.64. The summed E-state index contributed by atoms with van der Waals surface area (Å²) in [6, 6.07) is 16.4. The lowest BCUT2D eigenvalue weighted by molar-refractivity contribution is -0.115. The van der Waals surface area contributed by atoms with Crippen LogP contribution >= 0.6 is 0 Å². The van der Waals surface area contributed by atoms with E-state index in [1.807, 2.05) is 51.1 Å². The zero-order valence-corrected chi connectivity index (χ0v) is 15.2. The molecule has 0 fully saturated rings. The third kappa shape index (κ3) is 5.72. The van der Waals surface area contributed by atoms with E-state index in [9.17, 15) is 9.59 Å². The number of amides is 2. The highest BCUT2D eigenvalue weighted by Crippen LogP contribution is 2.16. The van der Waals surface area contributed by atoms with Gasteiger partial charge in [0.1, 0.15) is 0 Å². The normalized spacial score (nSPS) is 11.0. The largest absolute Gasteiger partial charge is 0.325 e. The van der Waals surface area contributed by atoms with E-state index in [0.717, 1.165) is 5.69 Å². The van der Waals surface area contributed by atoms with Crippen molar-refractivity contribution < 1.29 is 9.59 Å². The van der Waals surface area contributed by atoms with Gasteiger partial charge in [-0.25, -0.2) is 0 Å². The van der Waals surface area contributed by atoms with Gasteiger partial charge in [-0.1, -0.05) is 18.2 Å². The minimum Gasteiger partial charge on any atom is -0.325 e. The van der Waals surface area contributed by atoms with Crippen molar-refractivity contribution in [2.75, 3.05) is 23.8 Å². The topological polar surface area (TPSA) is 61.4 Å². The molecule has 0 saturated carbocycles. The average Bonchev–Trinajstić information content (AvgIpc) is 2.59. The van der Waals surface area contributed by atoms with Gasteiger partial charge < -0.3 is 15.5 Å². The SMILES string of the molecule is CN(C(=O)c1ccc(NC(=O)CNC(C)(C)C)cc1)c1ccccc1. The Hall–Kier alpha value is -2.66. The predicted molar refractivity (Wildman–Crippen MR) is 102 cm³/mol. The Morgan fingerprint density at radius 3 is 2.12 bits per heavy atom. The van der Waals surface area contributed by atoms with Gasteiger partial charge in [-0.05, 0) is 57.2 Å². The van der Waals surface area contributed by atoms with Crippen LogP contribution in [0.4, 0.5) is 11.4 Å². The number of carbonyl (C=O) groups excluding carboxylic acids is 2. The minimum atomic E-state index is -0.115. The van der Waals surface area contributed by atoms with Crippen LogP contribution in [0.15, 0.2) is 54.6 Å². The summed E-state index contributed by atoms with van der Waals surface area (Å²) < 4.78 is 0. The zero-order chi connectivity index (χ0) is 18.4. The number of nitrogens with one attached hydrogen (secondary N) is 2. The van der Waals surface area contributed by atoms with Crippen LogP contribution < -0.4 is 15.5 Å². The van der Waals surface area contributed by atoms with Crippen LogP contribution in [0.1, 0.15) is 31.1 Å². The molecule has 0 atom stereocenters. The number of rotatable bonds is 5. The third-order valence-electron chi connectivity index (χ3n) is 3.64. The fourth-order valence-corrected chi connectivity index (χ4v) is 2.21. The van der Waals surface area contributed by atoms with Gasteiger partial charge in [-0.3, -0.25) is 9.59 Å². The molecule has 5 heteroatoms. The highest BCUT2D eigenvalue weighted by Gasteiger charge is 2.14. The first kappa shape index (κ1) is 18.7. The van der Waals surface area contributed by atoms with Crippen molar-refractivity contribution in [3.63, 3.8) is 0 Å². The molecule has 0 aliphatic rings. The number of para-hydroxylation sites is 1. The maximum Gasteiger partial charge on any atom is 0.258 e. The molecule has 0 heterocycles. The van der Waals surface area contributed by atoms with Crippen LogP contribution in [-0.2, 0) is 4.79 Å². The number of nitrogens with zero attached hydrogens (tertiary/aromatic N) is 1. The second kappa shape index (κ2) is 7.94. The Labute approximate surface area is 149 Å². The highest BCUT2D eigenvalue weighted by molar-refractivity contribution is 6.06. The molecule has 2 aromatic rings. The van der Waals surface area contributed by atoms with Crippen LogP contribution in [0.5, 0.6) is 0 Å². The molecule has 2 aromatic carbocycles. The van der Waals surface area contributed by atoms with E-state index >= 15 is 0 Å². The smallest absolute Gasteiger partial charge is 0.258 e. The maximum atomic E-state index is 12.5. The van der Waals surface area contributed by atoms with Crippen molar-refractivity contribution in [1.29, 1.82) is 0 Å². The molecule has 2 amide bonds. The Morgan fingerprint density at radius 2 is 1.56 bits per heavy atom. The van der Waals surface area contributed by atoms with Crippen molar-refractivity contribution in [2.24, 2.45) is 0 Å². The zero-order valence-electron chi connectivity index (χ0n) is 15.2. The van der Waals surface area contributed by atoms with E-state index in [0.29, 0.717) is 11.3 Å². The van der Waals surface area contributed by atoms with E-state index in [1.54, 1.807) is 36.2 Å². The van der Waals surface area contributed by atoms with E-state index in [-0.39, 0.29) is 23.9 Å². The van der Waals surface area contributed by atoms with Crippen LogP contribution in [0, 0.1) is 0 Å². The van der Waals surface area contributed by atoms with Gasteiger partial charge in [0, 0.05) is 29.5 Å². The highest BCUT2D eigenvalue weighted by atomic mass is 16.2. The van der Waals surface area contributed by atoms with Crippen molar-refractivity contribution in [2.45, 2.75) is 26.3 Å². The molecule has 0 bridgehead atoms. The molecule has 0 spiro atoms. The first-order chi connectivity index (χ1) is 11.8. The number of benzene rings is 2. The first-order valence-corrected chi connectivity index (χ1v) is 8.24.